The molecule has 0 bridgehead atoms. The highest BCUT2D eigenvalue weighted by atomic mass is 32.2. The van der Waals surface area contributed by atoms with E-state index >= 15 is 0 Å². The number of carbonyl (C=O) groups excluding carboxylic acids is 1. The van der Waals surface area contributed by atoms with Crippen molar-refractivity contribution < 1.29 is 17.9 Å². The molecule has 0 saturated heterocycles. The van der Waals surface area contributed by atoms with Gasteiger partial charge in [-0.15, -0.1) is 0 Å². The van der Waals surface area contributed by atoms with Crippen LogP contribution in [-0.4, -0.2) is 27.5 Å². The molecule has 0 heterocycles. The molecule has 7 heteroatoms. The molecule has 1 saturated carbocycles. The molecular weight excluding hydrogens is 292 g/mol. The number of benzene rings is 1. The Hall–Kier alpha value is -1.60. The zero-order valence-corrected chi connectivity index (χ0v) is 12.8. The topological polar surface area (TPSA) is 98.5 Å². The smallest absolute Gasteiger partial charge is 0.337 e. The van der Waals surface area contributed by atoms with Crippen molar-refractivity contribution in [2.45, 2.75) is 43.0 Å². The molecule has 21 heavy (non-hydrogen) atoms. The lowest BCUT2D eigenvalue weighted by Gasteiger charge is -2.23. The summed E-state index contributed by atoms with van der Waals surface area (Å²) in [5.41, 5.74) is 6.05. The third-order valence-electron chi connectivity index (χ3n) is 3.65. The first-order valence-corrected chi connectivity index (χ1v) is 8.42. The van der Waals surface area contributed by atoms with Crippen molar-refractivity contribution >= 4 is 21.7 Å². The maximum atomic E-state index is 12.4. The van der Waals surface area contributed by atoms with Gasteiger partial charge in [0.2, 0.25) is 10.0 Å². The number of rotatable bonds is 4. The molecule has 3 N–H and O–H groups in total. The minimum atomic E-state index is -3.67. The van der Waals surface area contributed by atoms with Gasteiger partial charge < -0.3 is 10.5 Å². The van der Waals surface area contributed by atoms with Crippen LogP contribution >= 0.6 is 0 Å². The highest BCUT2D eigenvalue weighted by Crippen LogP contribution is 2.23. The molecular formula is C14H20N2O4S. The summed E-state index contributed by atoms with van der Waals surface area (Å²) in [6.45, 7) is 0. The highest BCUT2D eigenvalue weighted by Gasteiger charge is 2.24. The molecule has 2 rings (SSSR count). The molecule has 1 aromatic rings. The van der Waals surface area contributed by atoms with Crippen LogP contribution in [0.1, 0.15) is 42.5 Å². The van der Waals surface area contributed by atoms with E-state index in [0.29, 0.717) is 0 Å². The van der Waals surface area contributed by atoms with E-state index in [2.05, 4.69) is 9.46 Å². The quantitative estimate of drug-likeness (QED) is 0.651. The van der Waals surface area contributed by atoms with Crippen LogP contribution in [0, 0.1) is 0 Å². The van der Waals surface area contributed by atoms with Gasteiger partial charge in [0.25, 0.3) is 0 Å². The van der Waals surface area contributed by atoms with E-state index in [1.165, 1.54) is 25.3 Å². The highest BCUT2D eigenvalue weighted by molar-refractivity contribution is 7.89. The van der Waals surface area contributed by atoms with E-state index in [4.69, 9.17) is 5.73 Å². The molecule has 0 aromatic heterocycles. The number of hydrogen-bond acceptors (Lipinski definition) is 5. The number of carbonyl (C=O) groups is 1. The first-order valence-electron chi connectivity index (χ1n) is 6.94. The van der Waals surface area contributed by atoms with Crippen molar-refractivity contribution in [2.75, 3.05) is 12.8 Å². The number of esters is 1. The van der Waals surface area contributed by atoms with Crippen LogP contribution in [-0.2, 0) is 14.8 Å². The normalized spacial score (nSPS) is 16.6. The van der Waals surface area contributed by atoms with Gasteiger partial charge in [-0.3, -0.25) is 0 Å². The van der Waals surface area contributed by atoms with Crippen LogP contribution in [0.4, 0.5) is 5.69 Å². The average molecular weight is 312 g/mol. The lowest BCUT2D eigenvalue weighted by molar-refractivity contribution is 0.0600. The van der Waals surface area contributed by atoms with E-state index < -0.39 is 16.0 Å². The maximum absolute atomic E-state index is 12.4. The Kier molecular flexibility index (Phi) is 4.84. The largest absolute Gasteiger partial charge is 0.465 e. The van der Waals surface area contributed by atoms with E-state index in [-0.39, 0.29) is 22.2 Å². The molecule has 0 spiro atoms. The lowest BCUT2D eigenvalue weighted by Crippen LogP contribution is -2.36. The number of hydrogen-bond donors (Lipinski definition) is 2. The molecule has 116 valence electrons. The molecule has 0 atom stereocenters. The van der Waals surface area contributed by atoms with Crippen LogP contribution in [0.25, 0.3) is 0 Å². The SMILES string of the molecule is COC(=O)c1ccc(S(=O)(=O)NC2CCCCC2)c(N)c1. The third kappa shape index (κ3) is 3.74. The van der Waals surface area contributed by atoms with E-state index in [0.717, 1.165) is 32.1 Å². The summed E-state index contributed by atoms with van der Waals surface area (Å²) in [7, 11) is -2.41. The van der Waals surface area contributed by atoms with Gasteiger partial charge in [-0.05, 0) is 31.0 Å². The van der Waals surface area contributed by atoms with Crippen molar-refractivity contribution in [3.8, 4) is 0 Å². The number of methoxy groups -OCH3 is 1. The minimum absolute atomic E-state index is 0.000673. The molecule has 1 fully saturated rings. The molecule has 0 amide bonds. The van der Waals surface area contributed by atoms with Gasteiger partial charge in [0.15, 0.2) is 0 Å². The Labute approximate surface area is 124 Å². The summed E-state index contributed by atoms with van der Waals surface area (Å²) in [6.07, 6.45) is 4.90. The first kappa shape index (κ1) is 15.8. The van der Waals surface area contributed by atoms with Crippen molar-refractivity contribution in [2.24, 2.45) is 0 Å². The van der Waals surface area contributed by atoms with E-state index in [1.807, 2.05) is 0 Å². The number of ether oxygens (including phenoxy) is 1. The number of nitrogens with one attached hydrogen (secondary N) is 1. The van der Waals surface area contributed by atoms with Gasteiger partial charge in [0.1, 0.15) is 4.90 Å². The summed E-state index contributed by atoms with van der Waals surface area (Å²) in [6, 6.07) is 4.02. The van der Waals surface area contributed by atoms with Crippen molar-refractivity contribution in [1.82, 2.24) is 4.72 Å². The van der Waals surface area contributed by atoms with Crippen LogP contribution in [0.15, 0.2) is 23.1 Å². The van der Waals surface area contributed by atoms with Gasteiger partial charge in [0, 0.05) is 6.04 Å². The van der Waals surface area contributed by atoms with Crippen LogP contribution in [0.2, 0.25) is 0 Å². The zero-order chi connectivity index (χ0) is 15.5. The van der Waals surface area contributed by atoms with Gasteiger partial charge in [-0.2, -0.15) is 0 Å². The van der Waals surface area contributed by atoms with Crippen molar-refractivity contribution in [3.05, 3.63) is 23.8 Å². The van der Waals surface area contributed by atoms with Gasteiger partial charge in [0.05, 0.1) is 18.4 Å². The van der Waals surface area contributed by atoms with Gasteiger partial charge >= 0.3 is 5.97 Å². The van der Waals surface area contributed by atoms with E-state index in [1.54, 1.807) is 0 Å². The Balaban J connectivity index is 2.21. The van der Waals surface area contributed by atoms with Gasteiger partial charge in [-0.1, -0.05) is 19.3 Å². The second-order valence-electron chi connectivity index (χ2n) is 5.20. The molecule has 0 unspecified atom stereocenters. The average Bonchev–Trinajstić information content (AvgIpc) is 2.46. The Morgan fingerprint density at radius 3 is 2.52 bits per heavy atom. The zero-order valence-electron chi connectivity index (χ0n) is 12.0. The Bertz CT molecular complexity index is 622. The lowest BCUT2D eigenvalue weighted by atomic mass is 9.96. The number of nitrogens with two attached hydrogens (primary N) is 1. The van der Waals surface area contributed by atoms with Crippen LogP contribution < -0.4 is 10.5 Å². The molecule has 0 aliphatic heterocycles. The first-order chi connectivity index (χ1) is 9.94. The number of sulfonamides is 1. The Morgan fingerprint density at radius 1 is 1.29 bits per heavy atom. The summed E-state index contributed by atoms with van der Waals surface area (Å²) in [4.78, 5) is 11.4. The van der Waals surface area contributed by atoms with Gasteiger partial charge in [-0.25, -0.2) is 17.9 Å². The second kappa shape index (κ2) is 6.44. The fraction of sp³-hybridized carbons (Fsp3) is 0.500. The van der Waals surface area contributed by atoms with Crippen LogP contribution in [0.5, 0.6) is 0 Å². The molecule has 6 nitrogen and oxygen atoms in total. The van der Waals surface area contributed by atoms with Crippen LogP contribution in [0.3, 0.4) is 0 Å². The fourth-order valence-corrected chi connectivity index (χ4v) is 3.96. The molecule has 1 aromatic carbocycles. The fourth-order valence-electron chi connectivity index (χ4n) is 2.54. The van der Waals surface area contributed by atoms with Crippen molar-refractivity contribution in [1.29, 1.82) is 0 Å². The van der Waals surface area contributed by atoms with Crippen molar-refractivity contribution in [3.63, 3.8) is 0 Å². The molecule has 1 aliphatic rings. The summed E-state index contributed by atoms with van der Waals surface area (Å²) in [5.74, 6) is -0.550. The minimum Gasteiger partial charge on any atom is -0.465 e. The molecule has 0 radical (unpaired) electrons. The maximum Gasteiger partial charge on any atom is 0.337 e. The standard InChI is InChI=1S/C14H20N2O4S/c1-20-14(17)10-7-8-13(12(15)9-10)21(18,19)16-11-5-3-2-4-6-11/h7-9,11,16H,2-6,15H2,1H3. The summed E-state index contributed by atoms with van der Waals surface area (Å²) in [5, 5.41) is 0. The monoisotopic (exact) mass is 312 g/mol. The molecule has 1 aliphatic carbocycles. The predicted octanol–water partition coefficient (Wildman–Crippen LogP) is 1.67. The second-order valence-corrected chi connectivity index (χ2v) is 6.88. The number of anilines is 1. The Morgan fingerprint density at radius 2 is 1.95 bits per heavy atom. The summed E-state index contributed by atoms with van der Waals surface area (Å²) >= 11 is 0. The summed E-state index contributed by atoms with van der Waals surface area (Å²) < 4.78 is 32.0. The predicted molar refractivity (Wildman–Crippen MR) is 79.4 cm³/mol. The van der Waals surface area contributed by atoms with E-state index in [9.17, 15) is 13.2 Å². The third-order valence-corrected chi connectivity index (χ3v) is 5.24. The number of nitrogen functional groups attached to an aromatic ring is 1.